The molecule has 0 saturated heterocycles. The number of rotatable bonds is 12. The van der Waals surface area contributed by atoms with Crippen LogP contribution in [0.15, 0.2) is 60.7 Å². The number of benzene rings is 3. The van der Waals surface area contributed by atoms with Crippen molar-refractivity contribution in [2.45, 2.75) is 52.7 Å². The lowest BCUT2D eigenvalue weighted by atomic mass is 9.72. The number of ether oxygens (including phenoxy) is 3. The van der Waals surface area contributed by atoms with E-state index >= 15 is 0 Å². The molecule has 3 N–H and O–H groups in total. The van der Waals surface area contributed by atoms with E-state index in [1.54, 1.807) is 42.5 Å². The summed E-state index contributed by atoms with van der Waals surface area (Å²) >= 11 is 0. The van der Waals surface area contributed by atoms with Gasteiger partial charge >= 0.3 is 5.97 Å². The van der Waals surface area contributed by atoms with Gasteiger partial charge < -0.3 is 30.0 Å². The van der Waals surface area contributed by atoms with Crippen LogP contribution in [0, 0.1) is 23.6 Å². The summed E-state index contributed by atoms with van der Waals surface area (Å²) < 4.78 is 32.1. The Hall–Kier alpha value is -4.11. The summed E-state index contributed by atoms with van der Waals surface area (Å²) in [6.45, 7) is 6.77. The zero-order valence-electron chi connectivity index (χ0n) is 24.5. The van der Waals surface area contributed by atoms with Gasteiger partial charge in [0.1, 0.15) is 23.7 Å². The van der Waals surface area contributed by atoms with Crippen molar-refractivity contribution >= 4 is 23.3 Å². The first-order valence-corrected chi connectivity index (χ1v) is 14.3. The number of methoxy groups -OCH3 is 1. The number of aromatic carboxylic acids is 1. The molecule has 3 atom stereocenters. The maximum absolute atomic E-state index is 14.9. The number of halogens is 1. The van der Waals surface area contributed by atoms with E-state index in [2.05, 4.69) is 31.4 Å². The lowest BCUT2D eigenvalue weighted by Crippen LogP contribution is -2.38. The van der Waals surface area contributed by atoms with Crippen molar-refractivity contribution in [1.29, 1.82) is 0 Å². The molecule has 0 spiro atoms. The number of carboxylic acid groups (broad SMARTS) is 1. The second kappa shape index (κ2) is 14.2. The first-order valence-electron chi connectivity index (χ1n) is 14.3. The molecule has 0 aromatic heterocycles. The van der Waals surface area contributed by atoms with Gasteiger partial charge in [-0.2, -0.15) is 0 Å². The number of carbonyl (C=O) groups is 2. The highest BCUT2D eigenvalue weighted by Crippen LogP contribution is 2.38. The van der Waals surface area contributed by atoms with Crippen LogP contribution in [0.3, 0.4) is 0 Å². The van der Waals surface area contributed by atoms with E-state index in [9.17, 15) is 19.1 Å². The van der Waals surface area contributed by atoms with Crippen LogP contribution < -0.4 is 20.1 Å². The summed E-state index contributed by atoms with van der Waals surface area (Å²) in [5.41, 5.74) is 1.43. The molecule has 1 amide bonds. The summed E-state index contributed by atoms with van der Waals surface area (Å²) in [6.07, 6.45) is 3.40. The van der Waals surface area contributed by atoms with E-state index in [0.717, 1.165) is 12.8 Å². The number of carboxylic acids is 1. The van der Waals surface area contributed by atoms with Crippen molar-refractivity contribution in [2.24, 2.45) is 17.8 Å². The number of hydrogen-bond acceptors (Lipinski definition) is 6. The minimum absolute atomic E-state index is 0.00641. The highest BCUT2D eigenvalue weighted by Gasteiger charge is 2.33. The Kier molecular flexibility index (Phi) is 10.4. The van der Waals surface area contributed by atoms with E-state index in [4.69, 9.17) is 14.2 Å². The van der Waals surface area contributed by atoms with Gasteiger partial charge in [-0.25, -0.2) is 9.18 Å². The molecule has 1 saturated carbocycles. The van der Waals surface area contributed by atoms with Crippen molar-refractivity contribution in [3.8, 4) is 17.2 Å². The summed E-state index contributed by atoms with van der Waals surface area (Å²) in [7, 11) is 1.40. The van der Waals surface area contributed by atoms with Crippen molar-refractivity contribution < 1.29 is 33.3 Å². The molecular formula is C33H39FN2O6. The zero-order valence-corrected chi connectivity index (χ0v) is 24.5. The number of anilines is 2. The maximum atomic E-state index is 14.9. The van der Waals surface area contributed by atoms with Gasteiger partial charge in [-0.3, -0.25) is 4.79 Å². The molecule has 4 rings (SSSR count). The fraction of sp³-hybridized carbons (Fsp3) is 0.394. The molecule has 8 nitrogen and oxygen atoms in total. The molecule has 1 aliphatic rings. The lowest BCUT2D eigenvalue weighted by Gasteiger charge is -2.38. The van der Waals surface area contributed by atoms with Crippen molar-refractivity contribution in [3.05, 3.63) is 77.6 Å². The van der Waals surface area contributed by atoms with Crippen LogP contribution in [0.4, 0.5) is 15.8 Å². The first-order chi connectivity index (χ1) is 20.2. The molecule has 0 aliphatic heterocycles. The standard InChI is InChI=1S/C33H39FN2O6/c1-20(2)31-21(3)8-5-12-28(31)41-19-30(37)36-23-16-14-22(15-17-23)35-18-25-26(34)10-7-11-27(25)42-32-24(33(38)39)9-6-13-29(32)40-4/h6-7,9-11,13-17,20-21,28,31,35H,5,8,12,18-19H2,1-4H3,(H,36,37)(H,38,39). The van der Waals surface area contributed by atoms with Crippen LogP contribution >= 0.6 is 0 Å². The van der Waals surface area contributed by atoms with E-state index in [1.807, 2.05) is 0 Å². The van der Waals surface area contributed by atoms with Gasteiger partial charge in [0, 0.05) is 23.5 Å². The van der Waals surface area contributed by atoms with Crippen LogP contribution in [0.1, 0.15) is 56.0 Å². The minimum atomic E-state index is -1.19. The second-order valence-corrected chi connectivity index (χ2v) is 11.0. The Morgan fingerprint density at radius 1 is 1.00 bits per heavy atom. The van der Waals surface area contributed by atoms with Gasteiger partial charge in [0.25, 0.3) is 0 Å². The number of carbonyl (C=O) groups excluding carboxylic acids is 1. The number of hydrogen-bond donors (Lipinski definition) is 3. The van der Waals surface area contributed by atoms with Gasteiger partial charge in [0.15, 0.2) is 11.5 Å². The van der Waals surface area contributed by atoms with E-state index in [-0.39, 0.29) is 53.5 Å². The Labute approximate surface area is 246 Å². The molecule has 0 radical (unpaired) electrons. The molecule has 3 aromatic rings. The number of amides is 1. The highest BCUT2D eigenvalue weighted by molar-refractivity contribution is 5.92. The molecule has 3 aromatic carbocycles. The third-order valence-electron chi connectivity index (χ3n) is 7.79. The molecular weight excluding hydrogens is 539 g/mol. The number of nitrogens with one attached hydrogen (secondary N) is 2. The Morgan fingerprint density at radius 2 is 1.69 bits per heavy atom. The minimum Gasteiger partial charge on any atom is -0.493 e. The van der Waals surface area contributed by atoms with Crippen molar-refractivity contribution in [3.63, 3.8) is 0 Å². The summed E-state index contributed by atoms with van der Waals surface area (Å²) in [5.74, 6) is -0.00979. The summed E-state index contributed by atoms with van der Waals surface area (Å²) in [4.78, 5) is 24.3. The fourth-order valence-corrected chi connectivity index (χ4v) is 5.78. The molecule has 42 heavy (non-hydrogen) atoms. The predicted molar refractivity (Wildman–Crippen MR) is 160 cm³/mol. The highest BCUT2D eigenvalue weighted by atomic mass is 19.1. The van der Waals surface area contributed by atoms with E-state index in [1.165, 1.54) is 31.7 Å². The van der Waals surface area contributed by atoms with Crippen molar-refractivity contribution in [2.75, 3.05) is 24.4 Å². The largest absolute Gasteiger partial charge is 0.493 e. The average Bonchev–Trinajstić information content (AvgIpc) is 2.96. The van der Waals surface area contributed by atoms with Crippen molar-refractivity contribution in [1.82, 2.24) is 0 Å². The van der Waals surface area contributed by atoms with Crippen LogP contribution in [0.5, 0.6) is 17.2 Å². The van der Waals surface area contributed by atoms with Gasteiger partial charge in [0.2, 0.25) is 5.91 Å². The summed E-state index contributed by atoms with van der Waals surface area (Å²) in [6, 6.07) is 15.9. The summed E-state index contributed by atoms with van der Waals surface area (Å²) in [5, 5.41) is 15.6. The molecule has 0 bridgehead atoms. The van der Waals surface area contributed by atoms with Gasteiger partial charge in [0.05, 0.1) is 13.2 Å². The normalized spacial score (nSPS) is 18.4. The fourth-order valence-electron chi connectivity index (χ4n) is 5.78. The van der Waals surface area contributed by atoms with Gasteiger partial charge in [-0.05, 0) is 72.7 Å². The predicted octanol–water partition coefficient (Wildman–Crippen LogP) is 7.35. The molecule has 224 valence electrons. The quantitative estimate of drug-likeness (QED) is 0.206. The van der Waals surface area contributed by atoms with Crippen LogP contribution in [-0.2, 0) is 16.1 Å². The lowest BCUT2D eigenvalue weighted by molar-refractivity contribution is -0.126. The first kappa shape index (κ1) is 30.8. The molecule has 3 unspecified atom stereocenters. The van der Waals surface area contributed by atoms with Crippen LogP contribution in [0.2, 0.25) is 0 Å². The van der Waals surface area contributed by atoms with E-state index < -0.39 is 11.8 Å². The maximum Gasteiger partial charge on any atom is 0.339 e. The van der Waals surface area contributed by atoms with E-state index in [0.29, 0.717) is 29.1 Å². The van der Waals surface area contributed by atoms with Gasteiger partial charge in [-0.15, -0.1) is 0 Å². The Balaban J connectivity index is 1.37. The smallest absolute Gasteiger partial charge is 0.339 e. The molecule has 1 fully saturated rings. The Morgan fingerprint density at radius 3 is 2.38 bits per heavy atom. The second-order valence-electron chi connectivity index (χ2n) is 11.0. The number of para-hydroxylation sites is 1. The SMILES string of the molecule is COc1cccc(C(=O)O)c1Oc1cccc(F)c1CNc1ccc(NC(=O)COC2CCCC(C)C2C(C)C)cc1. The topological polar surface area (TPSA) is 106 Å². The third kappa shape index (κ3) is 7.59. The van der Waals surface area contributed by atoms with Gasteiger partial charge in [-0.1, -0.05) is 45.7 Å². The van der Waals surface area contributed by atoms with Crippen LogP contribution in [-0.4, -0.2) is 36.8 Å². The average molecular weight is 579 g/mol. The van der Waals surface area contributed by atoms with Crippen LogP contribution in [0.25, 0.3) is 0 Å². The monoisotopic (exact) mass is 578 g/mol. The Bertz CT molecular complexity index is 1380. The molecule has 9 heteroatoms. The molecule has 1 aliphatic carbocycles. The molecule has 0 heterocycles. The zero-order chi connectivity index (χ0) is 30.2. The third-order valence-corrected chi connectivity index (χ3v) is 7.79.